The van der Waals surface area contributed by atoms with E-state index in [9.17, 15) is 4.79 Å². The molecular weight excluding hydrogens is 304 g/mol. The molecule has 2 aliphatic rings. The SMILES string of the molecule is Cn1cnnc1-c1cncc(NC(=O)[C@H](C2CC2)N2CCCC2)c1. The number of anilines is 1. The predicted molar refractivity (Wildman–Crippen MR) is 90.2 cm³/mol. The predicted octanol–water partition coefficient (Wildman–Crippen LogP) is 1.69. The highest BCUT2D eigenvalue weighted by Gasteiger charge is 2.40. The van der Waals surface area contributed by atoms with Crippen molar-refractivity contribution >= 4 is 11.6 Å². The average molecular weight is 326 g/mol. The zero-order chi connectivity index (χ0) is 16.5. The molecule has 1 aliphatic heterocycles. The van der Waals surface area contributed by atoms with Gasteiger partial charge in [-0.25, -0.2) is 0 Å². The number of hydrogen-bond donors (Lipinski definition) is 1. The van der Waals surface area contributed by atoms with E-state index in [0.717, 1.165) is 37.3 Å². The van der Waals surface area contributed by atoms with E-state index in [1.807, 2.05) is 17.7 Å². The zero-order valence-electron chi connectivity index (χ0n) is 13.9. The van der Waals surface area contributed by atoms with Crippen LogP contribution in [0, 0.1) is 5.92 Å². The van der Waals surface area contributed by atoms with Gasteiger partial charge in [0.1, 0.15) is 6.33 Å². The Morgan fingerprint density at radius 1 is 1.29 bits per heavy atom. The van der Waals surface area contributed by atoms with Crippen molar-refractivity contribution in [3.05, 3.63) is 24.8 Å². The number of carbonyl (C=O) groups excluding carboxylic acids is 1. The van der Waals surface area contributed by atoms with Gasteiger partial charge in [-0.2, -0.15) is 0 Å². The van der Waals surface area contributed by atoms with E-state index in [1.165, 1.54) is 12.8 Å². The second-order valence-electron chi connectivity index (χ2n) is 6.74. The Kier molecular flexibility index (Phi) is 4.02. The molecule has 1 N–H and O–H groups in total. The summed E-state index contributed by atoms with van der Waals surface area (Å²) in [4.78, 5) is 19.4. The third-order valence-corrected chi connectivity index (χ3v) is 4.85. The van der Waals surface area contributed by atoms with Crippen LogP contribution < -0.4 is 5.32 Å². The van der Waals surface area contributed by atoms with Crippen molar-refractivity contribution in [2.75, 3.05) is 18.4 Å². The monoisotopic (exact) mass is 326 g/mol. The lowest BCUT2D eigenvalue weighted by Gasteiger charge is -2.26. The number of pyridine rings is 1. The van der Waals surface area contributed by atoms with Crippen LogP contribution in [0.5, 0.6) is 0 Å². The van der Waals surface area contributed by atoms with E-state index in [1.54, 1.807) is 18.7 Å². The van der Waals surface area contributed by atoms with E-state index >= 15 is 0 Å². The molecule has 126 valence electrons. The molecule has 1 saturated carbocycles. The second kappa shape index (κ2) is 6.32. The van der Waals surface area contributed by atoms with Gasteiger partial charge >= 0.3 is 0 Å². The molecule has 2 aromatic rings. The van der Waals surface area contributed by atoms with Crippen LogP contribution in [0.3, 0.4) is 0 Å². The summed E-state index contributed by atoms with van der Waals surface area (Å²) in [6, 6.07) is 1.91. The molecule has 7 nitrogen and oxygen atoms in total. The number of aromatic nitrogens is 4. The third-order valence-electron chi connectivity index (χ3n) is 4.85. The molecule has 1 atom stereocenters. The molecular formula is C17H22N6O. The molecule has 3 heterocycles. The standard InChI is InChI=1S/C17H22N6O/c1-22-11-19-21-16(22)13-8-14(10-18-9-13)20-17(24)15(12-4-5-12)23-6-2-3-7-23/h8-12,15H,2-7H2,1H3,(H,20,24)/t15-/m0/s1. The number of nitrogens with one attached hydrogen (secondary N) is 1. The highest BCUT2D eigenvalue weighted by atomic mass is 16.2. The van der Waals surface area contributed by atoms with Crippen LogP contribution in [0.15, 0.2) is 24.8 Å². The molecule has 0 aromatic carbocycles. The number of amides is 1. The zero-order valence-corrected chi connectivity index (χ0v) is 13.9. The second-order valence-corrected chi connectivity index (χ2v) is 6.74. The van der Waals surface area contributed by atoms with E-state index in [4.69, 9.17) is 0 Å². The molecule has 0 unspecified atom stereocenters. The van der Waals surface area contributed by atoms with E-state index in [-0.39, 0.29) is 11.9 Å². The number of likely N-dealkylation sites (tertiary alicyclic amines) is 1. The Labute approximate surface area is 141 Å². The quantitative estimate of drug-likeness (QED) is 0.905. The first-order valence-corrected chi connectivity index (χ1v) is 8.57. The smallest absolute Gasteiger partial charge is 0.242 e. The first kappa shape index (κ1) is 15.3. The number of hydrogen-bond acceptors (Lipinski definition) is 5. The molecule has 2 aromatic heterocycles. The lowest BCUT2D eigenvalue weighted by Crippen LogP contribution is -2.44. The number of rotatable bonds is 5. The Bertz CT molecular complexity index is 732. The van der Waals surface area contributed by atoms with Crippen molar-refractivity contribution in [2.45, 2.75) is 31.7 Å². The largest absolute Gasteiger partial charge is 0.323 e. The molecule has 7 heteroatoms. The topological polar surface area (TPSA) is 75.9 Å². The van der Waals surface area contributed by atoms with Crippen LogP contribution >= 0.6 is 0 Å². The Morgan fingerprint density at radius 2 is 2.08 bits per heavy atom. The highest BCUT2D eigenvalue weighted by molar-refractivity contribution is 5.95. The molecule has 1 aliphatic carbocycles. The van der Waals surface area contributed by atoms with Gasteiger partial charge in [0.05, 0.1) is 17.9 Å². The van der Waals surface area contributed by atoms with Gasteiger partial charge < -0.3 is 9.88 Å². The lowest BCUT2D eigenvalue weighted by molar-refractivity contribution is -0.121. The fourth-order valence-corrected chi connectivity index (χ4v) is 3.50. The number of carbonyl (C=O) groups is 1. The molecule has 1 saturated heterocycles. The Balaban J connectivity index is 1.52. The van der Waals surface area contributed by atoms with E-state index in [2.05, 4.69) is 25.4 Å². The third kappa shape index (κ3) is 3.03. The van der Waals surface area contributed by atoms with Crippen molar-refractivity contribution in [3.63, 3.8) is 0 Å². The lowest BCUT2D eigenvalue weighted by atomic mass is 10.1. The minimum Gasteiger partial charge on any atom is -0.323 e. The minimum atomic E-state index is 0.00554. The molecule has 0 radical (unpaired) electrons. The van der Waals surface area contributed by atoms with Crippen LogP contribution in [0.25, 0.3) is 11.4 Å². The van der Waals surface area contributed by atoms with Gasteiger partial charge in [0.15, 0.2) is 5.82 Å². The van der Waals surface area contributed by atoms with E-state index in [0.29, 0.717) is 11.6 Å². The summed E-state index contributed by atoms with van der Waals surface area (Å²) in [6.45, 7) is 2.07. The maximum absolute atomic E-state index is 12.8. The molecule has 2 fully saturated rings. The Hall–Kier alpha value is -2.28. The van der Waals surface area contributed by atoms with Crippen LogP contribution in [0.4, 0.5) is 5.69 Å². The average Bonchev–Trinajstić information content (AvgIpc) is 3.07. The van der Waals surface area contributed by atoms with Crippen LogP contribution in [0.2, 0.25) is 0 Å². The number of aryl methyl sites for hydroxylation is 1. The maximum Gasteiger partial charge on any atom is 0.242 e. The van der Waals surface area contributed by atoms with Gasteiger partial charge in [0, 0.05) is 18.8 Å². The van der Waals surface area contributed by atoms with Gasteiger partial charge in [-0.05, 0) is 50.8 Å². The van der Waals surface area contributed by atoms with Crippen molar-refractivity contribution in [1.29, 1.82) is 0 Å². The van der Waals surface area contributed by atoms with Crippen LogP contribution in [0.1, 0.15) is 25.7 Å². The first-order chi connectivity index (χ1) is 11.7. The number of nitrogens with zero attached hydrogens (tertiary/aromatic N) is 5. The maximum atomic E-state index is 12.8. The summed E-state index contributed by atoms with van der Waals surface area (Å²) < 4.78 is 1.83. The van der Waals surface area contributed by atoms with Crippen molar-refractivity contribution in [1.82, 2.24) is 24.6 Å². The van der Waals surface area contributed by atoms with Gasteiger partial charge in [0.2, 0.25) is 5.91 Å². The fourth-order valence-electron chi connectivity index (χ4n) is 3.50. The van der Waals surface area contributed by atoms with Crippen molar-refractivity contribution in [3.8, 4) is 11.4 Å². The summed E-state index contributed by atoms with van der Waals surface area (Å²) in [6.07, 6.45) is 9.78. The summed E-state index contributed by atoms with van der Waals surface area (Å²) in [5.41, 5.74) is 1.56. The van der Waals surface area contributed by atoms with Crippen molar-refractivity contribution < 1.29 is 4.79 Å². The molecule has 4 rings (SSSR count). The molecule has 24 heavy (non-hydrogen) atoms. The summed E-state index contributed by atoms with van der Waals surface area (Å²) >= 11 is 0. The molecule has 0 spiro atoms. The molecule has 1 amide bonds. The summed E-state index contributed by atoms with van der Waals surface area (Å²) in [5, 5.41) is 11.0. The van der Waals surface area contributed by atoms with Crippen molar-refractivity contribution in [2.24, 2.45) is 13.0 Å². The Morgan fingerprint density at radius 3 is 2.75 bits per heavy atom. The summed E-state index contributed by atoms with van der Waals surface area (Å²) in [7, 11) is 1.89. The normalized spacial score (nSPS) is 19.4. The summed E-state index contributed by atoms with van der Waals surface area (Å²) in [5.74, 6) is 1.34. The highest BCUT2D eigenvalue weighted by Crippen LogP contribution is 2.37. The van der Waals surface area contributed by atoms with Gasteiger partial charge in [0.25, 0.3) is 0 Å². The fraction of sp³-hybridized carbons (Fsp3) is 0.529. The first-order valence-electron chi connectivity index (χ1n) is 8.57. The molecule has 0 bridgehead atoms. The van der Waals surface area contributed by atoms with Gasteiger partial charge in [-0.15, -0.1) is 10.2 Å². The van der Waals surface area contributed by atoms with Crippen LogP contribution in [-0.2, 0) is 11.8 Å². The van der Waals surface area contributed by atoms with Crippen LogP contribution in [-0.4, -0.2) is 49.7 Å². The van der Waals surface area contributed by atoms with E-state index < -0.39 is 0 Å². The minimum absolute atomic E-state index is 0.00554. The van der Waals surface area contributed by atoms with Gasteiger partial charge in [-0.1, -0.05) is 0 Å². The van der Waals surface area contributed by atoms with Gasteiger partial charge in [-0.3, -0.25) is 14.7 Å².